The molecule has 1 atom stereocenters. The molecule has 1 aliphatic heterocycles. The zero-order chi connectivity index (χ0) is 21.1. The summed E-state index contributed by atoms with van der Waals surface area (Å²) in [5.74, 6) is -0.781. The minimum Gasteiger partial charge on any atom is -0.480 e. The number of ether oxygens (including phenoxy) is 1. The number of carbonyl (C=O) groups excluding carboxylic acids is 1. The van der Waals surface area contributed by atoms with Gasteiger partial charge >= 0.3 is 12.1 Å². The third-order valence-corrected chi connectivity index (χ3v) is 4.99. The molecule has 1 heterocycles. The second kappa shape index (κ2) is 8.34. The van der Waals surface area contributed by atoms with E-state index in [2.05, 4.69) is 5.32 Å². The van der Waals surface area contributed by atoms with Gasteiger partial charge in [0.1, 0.15) is 11.8 Å². The van der Waals surface area contributed by atoms with Crippen molar-refractivity contribution in [2.75, 3.05) is 28.2 Å². The summed E-state index contributed by atoms with van der Waals surface area (Å²) < 4.78 is 28.8. The Morgan fingerprint density at radius 2 is 1.71 bits per heavy atom. The third kappa shape index (κ3) is 5.49. The van der Waals surface area contributed by atoms with Crippen LogP contribution in [0.3, 0.4) is 0 Å². The van der Waals surface area contributed by atoms with Gasteiger partial charge in [0.15, 0.2) is 9.84 Å². The number of nitrogens with one attached hydrogen (secondary N) is 1. The highest BCUT2D eigenvalue weighted by molar-refractivity contribution is 7.97. The minimum atomic E-state index is -3.53. The molecule has 1 amide bonds. The smallest absolute Gasteiger partial charge is 0.414 e. The van der Waals surface area contributed by atoms with E-state index >= 15 is 0 Å². The first kappa shape index (κ1) is 21.3. The van der Waals surface area contributed by atoms with Crippen molar-refractivity contribution in [2.45, 2.75) is 12.5 Å². The van der Waals surface area contributed by atoms with E-state index in [1.165, 1.54) is 4.90 Å². The Kier molecular flexibility index (Phi) is 6.34. The van der Waals surface area contributed by atoms with Crippen LogP contribution < -0.4 is 10.1 Å². The maximum absolute atomic E-state index is 11.8. The van der Waals surface area contributed by atoms with Crippen LogP contribution in [-0.4, -0.2) is 69.6 Å². The highest BCUT2D eigenvalue weighted by Gasteiger charge is 2.27. The van der Waals surface area contributed by atoms with E-state index in [0.29, 0.717) is 17.0 Å². The number of benzene rings is 1. The van der Waals surface area contributed by atoms with Crippen molar-refractivity contribution in [1.82, 2.24) is 15.1 Å². The number of sulfone groups is 1. The fraction of sp³-hybridized carbons (Fsp3) is 0.333. The Balaban J connectivity index is 2.13. The predicted molar refractivity (Wildman–Crippen MR) is 103 cm³/mol. The summed E-state index contributed by atoms with van der Waals surface area (Å²) in [7, 11) is 2.94. The number of carboxylic acid groups (broad SMARTS) is 1. The van der Waals surface area contributed by atoms with Crippen LogP contribution in [0.2, 0.25) is 0 Å². The first-order valence-electron chi connectivity index (χ1n) is 8.32. The molecule has 0 aromatic heterocycles. The number of likely N-dealkylation sites (N-methyl/N-ethyl adjacent to an activating group) is 1. The lowest BCUT2D eigenvalue weighted by Crippen LogP contribution is -2.39. The van der Waals surface area contributed by atoms with Gasteiger partial charge in [-0.2, -0.15) is 0 Å². The maximum atomic E-state index is 11.8. The van der Waals surface area contributed by atoms with Crippen LogP contribution in [-0.2, 0) is 21.1 Å². The Labute approximate surface area is 163 Å². The van der Waals surface area contributed by atoms with Crippen molar-refractivity contribution in [3.63, 3.8) is 0 Å². The van der Waals surface area contributed by atoms with Crippen molar-refractivity contribution in [3.05, 3.63) is 52.0 Å². The molecular formula is C18H23N3O6S. The molecule has 1 aromatic rings. The monoisotopic (exact) mass is 409 g/mol. The highest BCUT2D eigenvalue weighted by atomic mass is 32.2. The number of rotatable bonds is 7. The lowest BCUT2D eigenvalue weighted by atomic mass is 10.1. The second-order valence-electron chi connectivity index (χ2n) is 6.66. The molecule has 0 bridgehead atoms. The van der Waals surface area contributed by atoms with Crippen LogP contribution in [0, 0.1) is 0 Å². The summed E-state index contributed by atoms with van der Waals surface area (Å²) in [6.07, 6.45) is -0.412. The molecule has 0 saturated heterocycles. The van der Waals surface area contributed by atoms with Crippen LogP contribution in [0.1, 0.15) is 5.56 Å². The van der Waals surface area contributed by atoms with Crippen molar-refractivity contribution >= 4 is 21.9 Å². The van der Waals surface area contributed by atoms with E-state index in [4.69, 9.17) is 4.74 Å². The fourth-order valence-corrected chi connectivity index (χ4v) is 3.68. The molecule has 10 heteroatoms. The first-order valence-corrected chi connectivity index (χ1v) is 9.93. The Hall–Kier alpha value is -3.01. The van der Waals surface area contributed by atoms with Crippen LogP contribution in [0.25, 0.3) is 0 Å². The van der Waals surface area contributed by atoms with E-state index < -0.39 is 27.9 Å². The van der Waals surface area contributed by atoms with Gasteiger partial charge in [0.05, 0.1) is 22.2 Å². The van der Waals surface area contributed by atoms with Gasteiger partial charge in [-0.05, 0) is 17.7 Å². The number of nitrogens with zero attached hydrogens (tertiary/aromatic N) is 2. The van der Waals surface area contributed by atoms with Crippen molar-refractivity contribution in [1.29, 1.82) is 0 Å². The van der Waals surface area contributed by atoms with Gasteiger partial charge in [-0.3, -0.25) is 0 Å². The molecule has 1 unspecified atom stereocenters. The second-order valence-corrected chi connectivity index (χ2v) is 8.31. The Morgan fingerprint density at radius 3 is 2.21 bits per heavy atom. The third-order valence-electron chi connectivity index (χ3n) is 3.88. The van der Waals surface area contributed by atoms with Gasteiger partial charge in [0.2, 0.25) is 0 Å². The van der Waals surface area contributed by atoms with E-state index in [9.17, 15) is 23.1 Å². The van der Waals surface area contributed by atoms with E-state index in [-0.39, 0.29) is 12.1 Å². The minimum absolute atomic E-state index is 0.106. The zero-order valence-electron chi connectivity index (χ0n) is 16.0. The Morgan fingerprint density at radius 1 is 1.11 bits per heavy atom. The van der Waals surface area contributed by atoms with Crippen molar-refractivity contribution in [2.24, 2.45) is 0 Å². The topological polar surface area (TPSA) is 116 Å². The lowest BCUT2D eigenvalue weighted by Gasteiger charge is -2.22. The summed E-state index contributed by atoms with van der Waals surface area (Å²) in [6, 6.07) is 5.40. The average molecular weight is 409 g/mol. The molecule has 0 saturated carbocycles. The SMILES string of the molecule is CN(C)C(=O)Oc1ccc(CC(NC2=CS(=O)(=O)C=C2N(C)C)C(=O)O)cc1. The summed E-state index contributed by atoms with van der Waals surface area (Å²) in [5, 5.41) is 14.4. The number of carbonyl (C=O) groups is 2. The average Bonchev–Trinajstić information content (AvgIpc) is 2.90. The van der Waals surface area contributed by atoms with Crippen LogP contribution in [0.4, 0.5) is 4.79 Å². The Bertz CT molecular complexity index is 917. The number of hydrogen-bond donors (Lipinski definition) is 2. The van der Waals surface area contributed by atoms with E-state index in [1.54, 1.807) is 57.4 Å². The molecule has 9 nitrogen and oxygen atoms in total. The fourth-order valence-electron chi connectivity index (χ4n) is 2.44. The lowest BCUT2D eigenvalue weighted by molar-refractivity contribution is -0.139. The zero-order valence-corrected chi connectivity index (χ0v) is 16.9. The molecular weight excluding hydrogens is 386 g/mol. The molecule has 2 rings (SSSR count). The molecule has 152 valence electrons. The van der Waals surface area contributed by atoms with Crippen molar-refractivity contribution < 1.29 is 27.9 Å². The first-order chi connectivity index (χ1) is 13.0. The van der Waals surface area contributed by atoms with Crippen LogP contribution in [0.5, 0.6) is 5.75 Å². The molecule has 28 heavy (non-hydrogen) atoms. The number of amides is 1. The summed E-state index contributed by atoms with van der Waals surface area (Å²) in [6.45, 7) is 0. The van der Waals surface area contributed by atoms with Crippen LogP contribution in [0.15, 0.2) is 46.5 Å². The molecule has 2 N–H and O–H groups in total. The van der Waals surface area contributed by atoms with E-state index in [0.717, 1.165) is 10.8 Å². The molecule has 0 aliphatic carbocycles. The van der Waals surface area contributed by atoms with Gasteiger partial charge < -0.3 is 25.0 Å². The molecule has 1 aliphatic rings. The number of carboxylic acids is 1. The van der Waals surface area contributed by atoms with Gasteiger partial charge in [-0.15, -0.1) is 0 Å². The number of hydrogen-bond acceptors (Lipinski definition) is 7. The summed E-state index contributed by atoms with van der Waals surface area (Å²) in [4.78, 5) is 26.1. The van der Waals surface area contributed by atoms with Crippen LogP contribution >= 0.6 is 0 Å². The van der Waals surface area contributed by atoms with Crippen molar-refractivity contribution in [3.8, 4) is 5.75 Å². The highest BCUT2D eigenvalue weighted by Crippen LogP contribution is 2.23. The molecule has 0 fully saturated rings. The molecule has 1 aromatic carbocycles. The standard InChI is InChI=1S/C18H23N3O6S/c1-20(2)16-11-28(25,26)10-15(16)19-14(17(22)23)9-12-5-7-13(8-6-12)27-18(24)21(3)4/h5-8,10-11,14,19H,9H2,1-4H3,(H,22,23). The van der Waals surface area contributed by atoms with Gasteiger partial charge in [-0.25, -0.2) is 18.0 Å². The number of aliphatic carboxylic acids is 1. The predicted octanol–water partition coefficient (Wildman–Crippen LogP) is 1.01. The normalized spacial score (nSPS) is 15.9. The van der Waals surface area contributed by atoms with Gasteiger partial charge in [-0.1, -0.05) is 12.1 Å². The largest absolute Gasteiger partial charge is 0.480 e. The summed E-state index contributed by atoms with van der Waals surface area (Å²) >= 11 is 0. The molecule has 0 radical (unpaired) electrons. The van der Waals surface area contributed by atoms with Gasteiger partial charge in [0.25, 0.3) is 0 Å². The summed E-state index contributed by atoms with van der Waals surface area (Å²) in [5.41, 5.74) is 1.30. The van der Waals surface area contributed by atoms with E-state index in [1.807, 2.05) is 0 Å². The van der Waals surface area contributed by atoms with Gasteiger partial charge in [0, 0.05) is 34.6 Å². The maximum Gasteiger partial charge on any atom is 0.414 e. The quantitative estimate of drug-likeness (QED) is 0.685. The molecule has 0 spiro atoms.